The van der Waals surface area contributed by atoms with Crippen molar-refractivity contribution in [2.24, 2.45) is 0 Å². The van der Waals surface area contributed by atoms with Crippen molar-refractivity contribution < 1.29 is 14.6 Å². The molecule has 1 amide bonds. The van der Waals surface area contributed by atoms with Gasteiger partial charge in [0.2, 0.25) is 5.75 Å². The zero-order chi connectivity index (χ0) is 23.9. The molecule has 172 valence electrons. The monoisotopic (exact) mass is 456 g/mol. The molecule has 0 fully saturated rings. The lowest BCUT2D eigenvalue weighted by Crippen LogP contribution is -2.42. The first kappa shape index (κ1) is 21.8. The van der Waals surface area contributed by atoms with E-state index in [2.05, 4.69) is 15.3 Å². The van der Waals surface area contributed by atoms with Gasteiger partial charge in [-0.3, -0.25) is 19.1 Å². The fourth-order valence-electron chi connectivity index (χ4n) is 4.34. The summed E-state index contributed by atoms with van der Waals surface area (Å²) in [6.07, 6.45) is 1.75. The Hall–Kier alpha value is -4.04. The number of hydrogen-bond acceptors (Lipinski definition) is 6. The third kappa shape index (κ3) is 3.72. The molecule has 0 saturated carbocycles. The molecule has 0 saturated heterocycles. The standard InChI is InChI=1S/C26H24N4O4/c1-26(2)25-29-21(22(31)24(33)30(25)13-14-34-26)23(32)28-15-17-7-3-4-10-18(17)19-11-5-8-16-9-6-12-27-20(16)19/h3-12,31H,13-15H2,1-2H3,(H,28,32). The van der Waals surface area contributed by atoms with E-state index in [0.29, 0.717) is 12.4 Å². The van der Waals surface area contributed by atoms with Gasteiger partial charge in [0, 0.05) is 23.7 Å². The number of aromatic hydroxyl groups is 1. The van der Waals surface area contributed by atoms with Gasteiger partial charge >= 0.3 is 0 Å². The summed E-state index contributed by atoms with van der Waals surface area (Å²) in [5.41, 5.74) is 1.82. The summed E-state index contributed by atoms with van der Waals surface area (Å²) in [5.74, 6) is -0.982. The number of amides is 1. The van der Waals surface area contributed by atoms with Crippen LogP contribution < -0.4 is 10.9 Å². The lowest BCUT2D eigenvalue weighted by Gasteiger charge is -2.32. The smallest absolute Gasteiger partial charge is 0.296 e. The SMILES string of the molecule is CC1(C)OCCn2c1nc(C(=O)NCc1ccccc1-c1cccc3cccnc13)c(O)c2=O. The van der Waals surface area contributed by atoms with Crippen LogP contribution in [0, 0.1) is 0 Å². The molecule has 4 aromatic rings. The number of carbonyl (C=O) groups is 1. The number of carbonyl (C=O) groups excluding carboxylic acids is 1. The van der Waals surface area contributed by atoms with E-state index in [1.807, 2.05) is 54.6 Å². The maximum Gasteiger partial charge on any atom is 0.296 e. The van der Waals surface area contributed by atoms with Gasteiger partial charge in [0.1, 0.15) is 11.4 Å². The molecule has 1 aliphatic rings. The topological polar surface area (TPSA) is 106 Å². The third-order valence-electron chi connectivity index (χ3n) is 6.06. The molecule has 0 spiro atoms. The predicted octanol–water partition coefficient (Wildman–Crippen LogP) is 3.36. The Balaban J connectivity index is 1.47. The van der Waals surface area contributed by atoms with Crippen molar-refractivity contribution in [3.63, 3.8) is 0 Å². The number of para-hydroxylation sites is 1. The van der Waals surface area contributed by atoms with E-state index in [9.17, 15) is 14.7 Å². The van der Waals surface area contributed by atoms with E-state index >= 15 is 0 Å². The number of nitrogens with one attached hydrogen (secondary N) is 1. The molecule has 0 bridgehead atoms. The first-order valence-corrected chi connectivity index (χ1v) is 11.1. The summed E-state index contributed by atoms with van der Waals surface area (Å²) in [5, 5.41) is 14.3. The summed E-state index contributed by atoms with van der Waals surface area (Å²) >= 11 is 0. The quantitative estimate of drug-likeness (QED) is 0.488. The van der Waals surface area contributed by atoms with E-state index in [-0.39, 0.29) is 18.8 Å². The van der Waals surface area contributed by atoms with Crippen LogP contribution in [0.4, 0.5) is 0 Å². The summed E-state index contributed by atoms with van der Waals surface area (Å²) in [7, 11) is 0. The molecular weight excluding hydrogens is 432 g/mol. The molecule has 2 N–H and O–H groups in total. The Morgan fingerprint density at radius 2 is 1.88 bits per heavy atom. The van der Waals surface area contributed by atoms with Crippen LogP contribution in [0.2, 0.25) is 0 Å². The molecule has 0 radical (unpaired) electrons. The maximum absolute atomic E-state index is 13.0. The Kier molecular flexibility index (Phi) is 5.37. The van der Waals surface area contributed by atoms with Crippen molar-refractivity contribution in [2.45, 2.75) is 32.5 Å². The van der Waals surface area contributed by atoms with Crippen LogP contribution >= 0.6 is 0 Å². The molecule has 0 aliphatic carbocycles. The van der Waals surface area contributed by atoms with E-state index < -0.39 is 22.8 Å². The molecule has 0 atom stereocenters. The Labute approximate surface area is 195 Å². The molecule has 34 heavy (non-hydrogen) atoms. The minimum atomic E-state index is -0.853. The van der Waals surface area contributed by atoms with E-state index in [0.717, 1.165) is 27.6 Å². The zero-order valence-corrected chi connectivity index (χ0v) is 18.9. The number of pyridine rings is 1. The second-order valence-electron chi connectivity index (χ2n) is 8.67. The first-order valence-electron chi connectivity index (χ1n) is 11.1. The van der Waals surface area contributed by atoms with E-state index in [4.69, 9.17) is 4.74 Å². The van der Waals surface area contributed by atoms with Crippen molar-refractivity contribution in [3.05, 3.63) is 88.2 Å². The van der Waals surface area contributed by atoms with Crippen molar-refractivity contribution in [2.75, 3.05) is 6.61 Å². The van der Waals surface area contributed by atoms with Gasteiger partial charge < -0.3 is 15.2 Å². The highest BCUT2D eigenvalue weighted by molar-refractivity contribution is 5.96. The lowest BCUT2D eigenvalue weighted by molar-refractivity contribution is -0.0566. The fourth-order valence-corrected chi connectivity index (χ4v) is 4.34. The minimum absolute atomic E-state index is 0.178. The van der Waals surface area contributed by atoms with E-state index in [1.54, 1.807) is 20.0 Å². The molecule has 3 heterocycles. The number of ether oxygens (including phenoxy) is 1. The number of hydrogen-bond donors (Lipinski definition) is 2. The largest absolute Gasteiger partial charge is 0.501 e. The number of benzene rings is 2. The molecule has 2 aromatic heterocycles. The van der Waals surface area contributed by atoms with Crippen LogP contribution in [0.5, 0.6) is 5.75 Å². The van der Waals surface area contributed by atoms with Crippen LogP contribution in [-0.2, 0) is 23.4 Å². The number of aromatic nitrogens is 3. The van der Waals surface area contributed by atoms with Gasteiger partial charge in [0.15, 0.2) is 5.69 Å². The summed E-state index contributed by atoms with van der Waals surface area (Å²) in [4.78, 5) is 34.6. The van der Waals surface area contributed by atoms with Crippen LogP contribution in [0.15, 0.2) is 65.6 Å². The van der Waals surface area contributed by atoms with Crippen LogP contribution in [0.1, 0.15) is 35.7 Å². The van der Waals surface area contributed by atoms with Crippen molar-refractivity contribution >= 4 is 16.8 Å². The van der Waals surface area contributed by atoms with Gasteiger partial charge in [-0.2, -0.15) is 0 Å². The van der Waals surface area contributed by atoms with Gasteiger partial charge in [-0.15, -0.1) is 0 Å². The van der Waals surface area contributed by atoms with Gasteiger partial charge in [-0.1, -0.05) is 48.5 Å². The second-order valence-corrected chi connectivity index (χ2v) is 8.67. The van der Waals surface area contributed by atoms with Gasteiger partial charge in [0.05, 0.1) is 18.7 Å². The molecule has 2 aromatic carbocycles. The average Bonchev–Trinajstić information content (AvgIpc) is 2.84. The molecular formula is C26H24N4O4. The highest BCUT2D eigenvalue weighted by Gasteiger charge is 2.34. The van der Waals surface area contributed by atoms with Crippen molar-refractivity contribution in [1.29, 1.82) is 0 Å². The number of fused-ring (bicyclic) bond motifs is 2. The van der Waals surface area contributed by atoms with Crippen LogP contribution in [0.3, 0.4) is 0 Å². The molecule has 1 aliphatic heterocycles. The summed E-state index contributed by atoms with van der Waals surface area (Å²) < 4.78 is 7.07. The predicted molar refractivity (Wildman–Crippen MR) is 127 cm³/mol. The molecule has 0 unspecified atom stereocenters. The normalized spacial score (nSPS) is 14.5. The summed E-state index contributed by atoms with van der Waals surface area (Å²) in [6, 6.07) is 17.6. The highest BCUT2D eigenvalue weighted by Crippen LogP contribution is 2.30. The van der Waals surface area contributed by atoms with E-state index in [1.165, 1.54) is 4.57 Å². The third-order valence-corrected chi connectivity index (χ3v) is 6.06. The second kappa shape index (κ2) is 8.39. The number of rotatable bonds is 4. The molecule has 5 rings (SSSR count). The number of nitrogens with zero attached hydrogens (tertiary/aromatic N) is 3. The Morgan fingerprint density at radius 3 is 2.74 bits per heavy atom. The zero-order valence-electron chi connectivity index (χ0n) is 18.9. The molecule has 8 heteroatoms. The Bertz CT molecular complexity index is 1470. The summed E-state index contributed by atoms with van der Waals surface area (Å²) in [6.45, 7) is 4.33. The van der Waals surface area contributed by atoms with Crippen LogP contribution in [-0.4, -0.2) is 32.2 Å². The maximum atomic E-state index is 13.0. The fraction of sp³-hybridized carbons (Fsp3) is 0.231. The van der Waals surface area contributed by atoms with Gasteiger partial charge in [-0.05, 0) is 31.0 Å². The minimum Gasteiger partial charge on any atom is -0.501 e. The van der Waals surface area contributed by atoms with Gasteiger partial charge in [-0.25, -0.2) is 4.98 Å². The molecule has 8 nitrogen and oxygen atoms in total. The van der Waals surface area contributed by atoms with Crippen LogP contribution in [0.25, 0.3) is 22.0 Å². The van der Waals surface area contributed by atoms with Crippen molar-refractivity contribution in [3.8, 4) is 16.9 Å². The average molecular weight is 457 g/mol. The lowest BCUT2D eigenvalue weighted by atomic mass is 9.97. The first-order chi connectivity index (χ1) is 16.4. The van der Waals surface area contributed by atoms with Crippen molar-refractivity contribution in [1.82, 2.24) is 19.9 Å². The Morgan fingerprint density at radius 1 is 1.12 bits per heavy atom. The van der Waals surface area contributed by atoms with Gasteiger partial charge in [0.25, 0.3) is 11.5 Å². The highest BCUT2D eigenvalue weighted by atomic mass is 16.5.